The number of carbonyl (C=O) groups excluding carboxylic acids is 2. The molecule has 6 nitrogen and oxygen atoms in total. The Bertz CT molecular complexity index is 1380. The van der Waals surface area contributed by atoms with Crippen molar-refractivity contribution < 1.29 is 37.1 Å². The van der Waals surface area contributed by atoms with Crippen LogP contribution < -0.4 is 5.32 Å². The van der Waals surface area contributed by atoms with Gasteiger partial charge in [-0.2, -0.15) is 13.2 Å². The summed E-state index contributed by atoms with van der Waals surface area (Å²) in [5.74, 6) is -3.89. The van der Waals surface area contributed by atoms with E-state index in [-0.39, 0.29) is 30.1 Å². The van der Waals surface area contributed by atoms with Crippen molar-refractivity contribution >= 4 is 23.5 Å². The Hall–Kier alpha value is -4.21. The minimum Gasteiger partial charge on any atom is -0.480 e. The largest absolute Gasteiger partial charge is 0.480 e. The number of nitrogens with zero attached hydrogens (tertiary/aromatic N) is 1. The van der Waals surface area contributed by atoms with Crippen molar-refractivity contribution in [2.45, 2.75) is 32.6 Å². The van der Waals surface area contributed by atoms with Crippen LogP contribution in [-0.4, -0.2) is 33.8 Å². The Balaban J connectivity index is 1.50. The summed E-state index contributed by atoms with van der Waals surface area (Å²) in [6.45, 7) is 3.69. The average Bonchev–Trinajstić information content (AvgIpc) is 3.13. The molecule has 0 aromatic heterocycles. The first-order valence-corrected chi connectivity index (χ1v) is 11.3. The van der Waals surface area contributed by atoms with E-state index in [9.17, 15) is 37.1 Å². The molecule has 1 aliphatic rings. The third-order valence-corrected chi connectivity index (χ3v) is 6.18. The number of hydrogen-bond donors (Lipinski definition) is 2. The zero-order chi connectivity index (χ0) is 27.1. The Labute approximate surface area is 209 Å². The van der Waals surface area contributed by atoms with Crippen molar-refractivity contribution in [1.29, 1.82) is 0 Å². The smallest absolute Gasteiger partial charge is 0.416 e. The zero-order valence-electron chi connectivity index (χ0n) is 19.8. The second-order valence-corrected chi connectivity index (χ2v) is 9.06. The van der Waals surface area contributed by atoms with Gasteiger partial charge in [-0.05, 0) is 59.0 Å². The molecule has 0 radical (unpaired) electrons. The number of halogens is 4. The fourth-order valence-corrected chi connectivity index (χ4v) is 4.33. The van der Waals surface area contributed by atoms with E-state index in [0.717, 1.165) is 11.6 Å². The summed E-state index contributed by atoms with van der Waals surface area (Å²) in [5.41, 5.74) is 1.10. The molecular weight excluding hydrogens is 492 g/mol. The number of hydrogen-bond acceptors (Lipinski definition) is 3. The number of carboxylic acids is 1. The minimum absolute atomic E-state index is 0.203. The van der Waals surface area contributed by atoms with Crippen molar-refractivity contribution in [3.05, 3.63) is 88.7 Å². The second kappa shape index (κ2) is 9.68. The molecule has 1 unspecified atom stereocenters. The van der Waals surface area contributed by atoms with Crippen LogP contribution >= 0.6 is 0 Å². The molecule has 1 aliphatic heterocycles. The topological polar surface area (TPSA) is 86.7 Å². The van der Waals surface area contributed by atoms with Gasteiger partial charge in [-0.1, -0.05) is 38.1 Å². The predicted molar refractivity (Wildman–Crippen MR) is 127 cm³/mol. The van der Waals surface area contributed by atoms with E-state index in [1.54, 1.807) is 44.2 Å². The normalized spacial score (nSPS) is 14.0. The lowest BCUT2D eigenvalue weighted by Crippen LogP contribution is -2.44. The summed E-state index contributed by atoms with van der Waals surface area (Å²) in [5, 5.41) is 12.0. The Kier molecular flexibility index (Phi) is 6.77. The van der Waals surface area contributed by atoms with E-state index in [2.05, 4.69) is 5.32 Å². The number of fused-ring (bicyclic) bond motifs is 1. The van der Waals surface area contributed by atoms with Gasteiger partial charge in [0.1, 0.15) is 11.9 Å². The summed E-state index contributed by atoms with van der Waals surface area (Å²) in [6, 6.07) is 12.4. The zero-order valence-corrected chi connectivity index (χ0v) is 19.8. The molecule has 192 valence electrons. The van der Waals surface area contributed by atoms with Gasteiger partial charge in [0.25, 0.3) is 11.8 Å². The molecule has 3 aromatic rings. The summed E-state index contributed by atoms with van der Waals surface area (Å²) >= 11 is 0. The third-order valence-electron chi connectivity index (χ3n) is 6.18. The van der Waals surface area contributed by atoms with Crippen molar-refractivity contribution in [2.24, 2.45) is 5.92 Å². The fourth-order valence-electron chi connectivity index (χ4n) is 4.33. The van der Waals surface area contributed by atoms with Gasteiger partial charge in [0.2, 0.25) is 0 Å². The number of nitrogens with one attached hydrogen (secondary N) is 1. The first-order chi connectivity index (χ1) is 17.4. The molecule has 1 atom stereocenters. The summed E-state index contributed by atoms with van der Waals surface area (Å²) in [6.07, 6.45) is -4.72. The van der Waals surface area contributed by atoms with Gasteiger partial charge in [0, 0.05) is 17.8 Å². The van der Waals surface area contributed by atoms with Crippen LogP contribution in [0.25, 0.3) is 11.1 Å². The number of amides is 2. The first-order valence-electron chi connectivity index (χ1n) is 11.3. The maximum absolute atomic E-state index is 14.1. The van der Waals surface area contributed by atoms with E-state index < -0.39 is 41.0 Å². The lowest BCUT2D eigenvalue weighted by atomic mass is 10.00. The quantitative estimate of drug-likeness (QED) is 0.406. The Morgan fingerprint density at radius 3 is 2.19 bits per heavy atom. The van der Waals surface area contributed by atoms with E-state index in [0.29, 0.717) is 22.8 Å². The van der Waals surface area contributed by atoms with Crippen LogP contribution in [0.15, 0.2) is 60.7 Å². The van der Waals surface area contributed by atoms with Crippen molar-refractivity contribution in [2.75, 3.05) is 5.32 Å². The number of carboxylic acid groups (broad SMARTS) is 1. The predicted octanol–water partition coefficient (Wildman–Crippen LogP) is 5.83. The molecule has 2 N–H and O–H groups in total. The molecule has 0 spiro atoms. The SMILES string of the molecule is CC(C)C(C(=O)O)N1Cc2ccc(-c3ccc(NC(=O)c4ccc(C(F)(F)F)cc4F)cc3)cc2C1=O. The summed E-state index contributed by atoms with van der Waals surface area (Å²) in [4.78, 5) is 38.4. The second-order valence-electron chi connectivity index (χ2n) is 9.06. The standard InChI is InChI=1S/C27H22F4N2O4/c1-14(2)23(26(36)37)33-13-17-4-3-16(11-21(17)25(33)35)15-5-8-19(9-6-15)32-24(34)20-10-7-18(12-22(20)28)27(29,30)31/h3-12,14,23H,13H2,1-2H3,(H,32,34)(H,36,37). The first kappa shape index (κ1) is 25.9. The van der Waals surface area contributed by atoms with E-state index in [1.807, 2.05) is 0 Å². The molecule has 0 saturated heterocycles. The van der Waals surface area contributed by atoms with Gasteiger partial charge in [-0.15, -0.1) is 0 Å². The number of anilines is 1. The lowest BCUT2D eigenvalue weighted by molar-refractivity contribution is -0.144. The van der Waals surface area contributed by atoms with Gasteiger partial charge in [-0.25, -0.2) is 9.18 Å². The van der Waals surface area contributed by atoms with Crippen LogP contribution in [0.2, 0.25) is 0 Å². The molecule has 3 aromatic carbocycles. The maximum Gasteiger partial charge on any atom is 0.416 e. The minimum atomic E-state index is -4.72. The van der Waals surface area contributed by atoms with E-state index >= 15 is 0 Å². The highest BCUT2D eigenvalue weighted by molar-refractivity contribution is 6.04. The van der Waals surface area contributed by atoms with Crippen LogP contribution in [0.3, 0.4) is 0 Å². The molecule has 0 bridgehead atoms. The van der Waals surface area contributed by atoms with Crippen LogP contribution in [0.5, 0.6) is 0 Å². The van der Waals surface area contributed by atoms with Gasteiger partial charge < -0.3 is 15.3 Å². The molecule has 0 fully saturated rings. The number of rotatable bonds is 6. The highest BCUT2D eigenvalue weighted by atomic mass is 19.4. The molecule has 0 aliphatic carbocycles. The number of alkyl halides is 3. The van der Waals surface area contributed by atoms with Gasteiger partial charge >= 0.3 is 12.1 Å². The number of carbonyl (C=O) groups is 3. The molecule has 0 saturated carbocycles. The molecule has 10 heteroatoms. The van der Waals surface area contributed by atoms with Gasteiger partial charge in [0.05, 0.1) is 11.1 Å². The van der Waals surface area contributed by atoms with Crippen LogP contribution in [0.1, 0.15) is 45.7 Å². The molecule has 1 heterocycles. The lowest BCUT2D eigenvalue weighted by Gasteiger charge is -2.27. The number of aliphatic carboxylic acids is 1. The summed E-state index contributed by atoms with van der Waals surface area (Å²) < 4.78 is 52.3. The highest BCUT2D eigenvalue weighted by Crippen LogP contribution is 2.32. The van der Waals surface area contributed by atoms with E-state index in [4.69, 9.17) is 0 Å². The molecule has 37 heavy (non-hydrogen) atoms. The van der Waals surface area contributed by atoms with Crippen LogP contribution in [0.4, 0.5) is 23.2 Å². The van der Waals surface area contributed by atoms with Crippen molar-refractivity contribution in [3.63, 3.8) is 0 Å². The molecule has 2 amide bonds. The monoisotopic (exact) mass is 514 g/mol. The average molecular weight is 514 g/mol. The maximum atomic E-state index is 14.1. The van der Waals surface area contributed by atoms with Gasteiger partial charge in [-0.3, -0.25) is 9.59 Å². The summed E-state index contributed by atoms with van der Waals surface area (Å²) in [7, 11) is 0. The van der Waals surface area contributed by atoms with Gasteiger partial charge in [0.15, 0.2) is 0 Å². The molecule has 4 rings (SSSR count). The molecular formula is C27H22F4N2O4. The van der Waals surface area contributed by atoms with Crippen LogP contribution in [-0.2, 0) is 17.5 Å². The third kappa shape index (κ3) is 5.18. The Morgan fingerprint density at radius 1 is 0.973 bits per heavy atom. The van der Waals surface area contributed by atoms with Crippen LogP contribution in [0, 0.1) is 11.7 Å². The van der Waals surface area contributed by atoms with Crippen molar-refractivity contribution in [3.8, 4) is 11.1 Å². The Morgan fingerprint density at radius 2 is 1.62 bits per heavy atom. The highest BCUT2D eigenvalue weighted by Gasteiger charge is 2.38. The fraction of sp³-hybridized carbons (Fsp3) is 0.222. The van der Waals surface area contributed by atoms with Crippen molar-refractivity contribution in [1.82, 2.24) is 4.90 Å². The number of benzene rings is 3. The van der Waals surface area contributed by atoms with E-state index in [1.165, 1.54) is 17.0 Å².